The maximum Gasteiger partial charge on any atom is 0.0695 e. The lowest BCUT2D eigenvalue weighted by atomic mass is 9.88. The first-order valence-corrected chi connectivity index (χ1v) is 7.91. The normalized spacial score (nSPS) is 38.7. The molecule has 2 rings (SSSR count). The van der Waals surface area contributed by atoms with Gasteiger partial charge in [-0.05, 0) is 45.1 Å². The van der Waals surface area contributed by atoms with Crippen molar-refractivity contribution in [3.63, 3.8) is 0 Å². The molecule has 18 heavy (non-hydrogen) atoms. The van der Waals surface area contributed by atoms with Gasteiger partial charge in [0, 0.05) is 18.1 Å². The minimum atomic E-state index is -0.108. The Balaban J connectivity index is 1.97. The molecule has 0 bridgehead atoms. The van der Waals surface area contributed by atoms with E-state index in [9.17, 15) is 5.11 Å². The maximum absolute atomic E-state index is 10.4. The zero-order valence-electron chi connectivity index (χ0n) is 11.9. The lowest BCUT2D eigenvalue weighted by Crippen LogP contribution is -2.50. The van der Waals surface area contributed by atoms with Crippen molar-refractivity contribution in [1.82, 2.24) is 4.90 Å². The number of nitrogens with two attached hydrogens (primary N) is 1. The zero-order chi connectivity index (χ0) is 13.0. The zero-order valence-corrected chi connectivity index (χ0v) is 11.9. The van der Waals surface area contributed by atoms with E-state index in [-0.39, 0.29) is 6.10 Å². The van der Waals surface area contributed by atoms with Crippen LogP contribution in [0.3, 0.4) is 0 Å². The summed E-state index contributed by atoms with van der Waals surface area (Å²) < 4.78 is 0. The van der Waals surface area contributed by atoms with Gasteiger partial charge in [0.25, 0.3) is 0 Å². The van der Waals surface area contributed by atoms with Crippen LogP contribution in [0.1, 0.15) is 64.7 Å². The molecule has 106 valence electrons. The Kier molecular flexibility index (Phi) is 5.46. The summed E-state index contributed by atoms with van der Waals surface area (Å²) >= 11 is 0. The number of aliphatic hydroxyl groups excluding tert-OH is 1. The van der Waals surface area contributed by atoms with Crippen LogP contribution in [0, 0.1) is 0 Å². The van der Waals surface area contributed by atoms with Crippen LogP contribution in [0.4, 0.5) is 0 Å². The fraction of sp³-hybridized carbons (Fsp3) is 1.00. The minimum absolute atomic E-state index is 0.108. The van der Waals surface area contributed by atoms with E-state index in [1.54, 1.807) is 0 Å². The average Bonchev–Trinajstić information content (AvgIpc) is 2.58. The molecule has 0 aliphatic heterocycles. The van der Waals surface area contributed by atoms with E-state index >= 15 is 0 Å². The monoisotopic (exact) mass is 254 g/mol. The van der Waals surface area contributed by atoms with E-state index in [1.807, 2.05) is 0 Å². The largest absolute Gasteiger partial charge is 0.391 e. The van der Waals surface area contributed by atoms with E-state index in [1.165, 1.54) is 38.5 Å². The van der Waals surface area contributed by atoms with Crippen LogP contribution in [-0.2, 0) is 0 Å². The fourth-order valence-corrected chi connectivity index (χ4v) is 3.85. The quantitative estimate of drug-likeness (QED) is 0.760. The molecule has 0 radical (unpaired) electrons. The number of likely N-dealkylation sites (N-methyl/N-ethyl adjacent to an activating group) is 1. The Morgan fingerprint density at radius 1 is 1.00 bits per heavy atom. The van der Waals surface area contributed by atoms with Crippen molar-refractivity contribution in [1.29, 1.82) is 0 Å². The molecule has 0 aromatic rings. The van der Waals surface area contributed by atoms with Gasteiger partial charge >= 0.3 is 0 Å². The van der Waals surface area contributed by atoms with Crippen LogP contribution >= 0.6 is 0 Å². The Labute approximate surface area is 112 Å². The van der Waals surface area contributed by atoms with Gasteiger partial charge in [-0.3, -0.25) is 4.90 Å². The number of aliphatic hydroxyl groups is 1. The van der Waals surface area contributed by atoms with E-state index in [4.69, 9.17) is 5.73 Å². The lowest BCUT2D eigenvalue weighted by molar-refractivity contribution is 0.0115. The standard InChI is InChI=1S/C15H30N2O/c1-2-17(13-10-8-12(16)9-11-13)14-6-4-3-5-7-15(14)18/h12-15,18H,2-11,16H2,1H3. The Hall–Kier alpha value is -0.120. The van der Waals surface area contributed by atoms with E-state index in [2.05, 4.69) is 11.8 Å². The fourth-order valence-electron chi connectivity index (χ4n) is 3.85. The molecule has 3 N–H and O–H groups in total. The highest BCUT2D eigenvalue weighted by Gasteiger charge is 2.32. The molecular formula is C15H30N2O. The van der Waals surface area contributed by atoms with Crippen molar-refractivity contribution in [2.45, 2.75) is 88.9 Å². The van der Waals surface area contributed by atoms with Crippen molar-refractivity contribution in [3.8, 4) is 0 Å². The Morgan fingerprint density at radius 3 is 2.33 bits per heavy atom. The van der Waals surface area contributed by atoms with Gasteiger partial charge in [-0.2, -0.15) is 0 Å². The molecule has 3 heteroatoms. The van der Waals surface area contributed by atoms with Crippen molar-refractivity contribution in [3.05, 3.63) is 0 Å². The van der Waals surface area contributed by atoms with Gasteiger partial charge < -0.3 is 10.8 Å². The highest BCUT2D eigenvalue weighted by Crippen LogP contribution is 2.29. The number of nitrogens with zero attached hydrogens (tertiary/aromatic N) is 1. The third kappa shape index (κ3) is 3.46. The van der Waals surface area contributed by atoms with Crippen molar-refractivity contribution in [2.24, 2.45) is 5.73 Å². The molecule has 2 aliphatic carbocycles. The Morgan fingerprint density at radius 2 is 1.67 bits per heavy atom. The third-order valence-corrected chi connectivity index (χ3v) is 4.95. The van der Waals surface area contributed by atoms with Crippen LogP contribution in [0.2, 0.25) is 0 Å². The van der Waals surface area contributed by atoms with Gasteiger partial charge in [0.2, 0.25) is 0 Å². The molecule has 2 fully saturated rings. The summed E-state index contributed by atoms with van der Waals surface area (Å²) in [6, 6.07) is 1.48. The van der Waals surface area contributed by atoms with Crippen LogP contribution in [0.5, 0.6) is 0 Å². The topological polar surface area (TPSA) is 49.5 Å². The summed E-state index contributed by atoms with van der Waals surface area (Å²) in [5, 5.41) is 10.4. The predicted molar refractivity (Wildman–Crippen MR) is 75.5 cm³/mol. The van der Waals surface area contributed by atoms with Crippen LogP contribution < -0.4 is 5.73 Å². The molecule has 2 aliphatic rings. The number of rotatable bonds is 3. The summed E-state index contributed by atoms with van der Waals surface area (Å²) in [7, 11) is 0. The number of hydrogen-bond donors (Lipinski definition) is 2. The first kappa shape index (κ1) is 14.3. The van der Waals surface area contributed by atoms with Crippen molar-refractivity contribution >= 4 is 0 Å². The molecule has 2 saturated carbocycles. The van der Waals surface area contributed by atoms with Gasteiger partial charge in [0.1, 0.15) is 0 Å². The van der Waals surface area contributed by atoms with Crippen molar-refractivity contribution in [2.75, 3.05) is 6.54 Å². The minimum Gasteiger partial charge on any atom is -0.391 e. The second-order valence-corrected chi connectivity index (χ2v) is 6.17. The molecule has 0 aromatic heterocycles. The second kappa shape index (κ2) is 6.88. The molecule has 2 atom stereocenters. The first-order chi connectivity index (χ1) is 8.72. The highest BCUT2D eigenvalue weighted by molar-refractivity contribution is 4.88. The SMILES string of the molecule is CCN(C1CCC(N)CC1)C1CCCCCC1O. The lowest BCUT2D eigenvalue weighted by Gasteiger charge is -2.42. The van der Waals surface area contributed by atoms with Crippen LogP contribution in [0.15, 0.2) is 0 Å². The Bertz CT molecular complexity index is 239. The van der Waals surface area contributed by atoms with Gasteiger partial charge in [0.05, 0.1) is 6.10 Å². The van der Waals surface area contributed by atoms with Crippen LogP contribution in [0.25, 0.3) is 0 Å². The predicted octanol–water partition coefficient (Wildman–Crippen LogP) is 2.27. The van der Waals surface area contributed by atoms with Gasteiger partial charge in [-0.15, -0.1) is 0 Å². The van der Waals surface area contributed by atoms with Gasteiger partial charge in [0.15, 0.2) is 0 Å². The molecule has 0 saturated heterocycles. The third-order valence-electron chi connectivity index (χ3n) is 4.95. The summed E-state index contributed by atoms with van der Waals surface area (Å²) in [4.78, 5) is 2.59. The summed E-state index contributed by atoms with van der Waals surface area (Å²) in [5.74, 6) is 0. The van der Waals surface area contributed by atoms with E-state index in [0.717, 1.165) is 25.8 Å². The molecule has 2 unspecified atom stereocenters. The first-order valence-electron chi connectivity index (χ1n) is 7.91. The summed E-state index contributed by atoms with van der Waals surface area (Å²) in [5.41, 5.74) is 6.00. The molecule has 0 heterocycles. The van der Waals surface area contributed by atoms with Gasteiger partial charge in [-0.1, -0.05) is 26.2 Å². The molecular weight excluding hydrogens is 224 g/mol. The molecule has 3 nitrogen and oxygen atoms in total. The highest BCUT2D eigenvalue weighted by atomic mass is 16.3. The van der Waals surface area contributed by atoms with Crippen molar-refractivity contribution < 1.29 is 5.11 Å². The molecule has 0 spiro atoms. The second-order valence-electron chi connectivity index (χ2n) is 6.17. The van der Waals surface area contributed by atoms with E-state index in [0.29, 0.717) is 18.1 Å². The maximum atomic E-state index is 10.4. The number of hydrogen-bond acceptors (Lipinski definition) is 3. The molecule has 0 amide bonds. The average molecular weight is 254 g/mol. The smallest absolute Gasteiger partial charge is 0.0695 e. The van der Waals surface area contributed by atoms with Gasteiger partial charge in [-0.25, -0.2) is 0 Å². The van der Waals surface area contributed by atoms with E-state index < -0.39 is 0 Å². The summed E-state index contributed by atoms with van der Waals surface area (Å²) in [6.45, 7) is 3.31. The summed E-state index contributed by atoms with van der Waals surface area (Å²) in [6.07, 6.45) is 10.6. The molecule has 0 aromatic carbocycles. The van der Waals surface area contributed by atoms with Crippen LogP contribution in [-0.4, -0.2) is 40.8 Å².